The van der Waals surface area contributed by atoms with E-state index in [0.717, 1.165) is 49.3 Å². The molecule has 10 nitrogen and oxygen atoms in total. The zero-order valence-electron chi connectivity index (χ0n) is 15.8. The van der Waals surface area contributed by atoms with Gasteiger partial charge in [0, 0.05) is 38.5 Å². The second-order valence-corrected chi connectivity index (χ2v) is 6.69. The van der Waals surface area contributed by atoms with Crippen molar-refractivity contribution in [1.82, 2.24) is 34.8 Å². The molecule has 4 rings (SSSR count). The van der Waals surface area contributed by atoms with E-state index in [9.17, 15) is 4.79 Å². The number of aromatic nitrogens is 6. The quantitative estimate of drug-likeness (QED) is 0.626. The molecule has 0 saturated carbocycles. The van der Waals surface area contributed by atoms with E-state index in [0.29, 0.717) is 18.7 Å². The minimum atomic E-state index is -0.173. The van der Waals surface area contributed by atoms with Crippen molar-refractivity contribution in [3.63, 3.8) is 0 Å². The van der Waals surface area contributed by atoms with Gasteiger partial charge in [-0.15, -0.1) is 0 Å². The largest absolute Gasteiger partial charge is 0.381 e. The van der Waals surface area contributed by atoms with Crippen LogP contribution in [0.25, 0.3) is 11.0 Å². The fourth-order valence-corrected chi connectivity index (χ4v) is 3.36. The van der Waals surface area contributed by atoms with Crippen molar-refractivity contribution >= 4 is 22.6 Å². The van der Waals surface area contributed by atoms with Gasteiger partial charge in [-0.2, -0.15) is 10.2 Å². The maximum atomic E-state index is 12.9. The van der Waals surface area contributed by atoms with Gasteiger partial charge in [-0.3, -0.25) is 9.48 Å². The molecule has 3 aromatic rings. The highest BCUT2D eigenvalue weighted by Crippen LogP contribution is 2.28. The predicted octanol–water partition coefficient (Wildman–Crippen LogP) is 1.06. The second-order valence-electron chi connectivity index (χ2n) is 6.69. The van der Waals surface area contributed by atoms with Crippen LogP contribution in [0.2, 0.25) is 0 Å². The molecule has 1 fully saturated rings. The number of hydrogen-bond acceptors (Lipinski definition) is 7. The normalized spacial score (nSPS) is 15.0. The Morgan fingerprint density at radius 2 is 2.14 bits per heavy atom. The maximum absolute atomic E-state index is 12.9. The number of hydrogen-bond donors (Lipinski definition) is 2. The predicted molar refractivity (Wildman–Crippen MR) is 103 cm³/mol. The zero-order valence-corrected chi connectivity index (χ0v) is 15.8. The number of carbonyl (C=O) groups excluding carboxylic acids is 1. The molecule has 0 spiro atoms. The van der Waals surface area contributed by atoms with Crippen LogP contribution >= 0.6 is 0 Å². The van der Waals surface area contributed by atoms with Crippen LogP contribution < -0.4 is 10.6 Å². The van der Waals surface area contributed by atoms with Crippen molar-refractivity contribution in [2.75, 3.05) is 25.1 Å². The summed E-state index contributed by atoms with van der Waals surface area (Å²) in [5.74, 6) is -0.173. The first-order valence-corrected chi connectivity index (χ1v) is 9.55. The highest BCUT2D eigenvalue weighted by molar-refractivity contribution is 6.06. The lowest BCUT2D eigenvalue weighted by Gasteiger charge is -2.25. The Labute approximate surface area is 162 Å². The van der Waals surface area contributed by atoms with Crippen LogP contribution in [0.15, 0.2) is 25.0 Å². The summed E-state index contributed by atoms with van der Waals surface area (Å²) < 4.78 is 8.96. The zero-order chi connectivity index (χ0) is 19.3. The monoisotopic (exact) mass is 384 g/mol. The average molecular weight is 384 g/mol. The van der Waals surface area contributed by atoms with Gasteiger partial charge in [0.25, 0.3) is 5.91 Å². The van der Waals surface area contributed by atoms with Gasteiger partial charge in [-0.05, 0) is 19.8 Å². The van der Waals surface area contributed by atoms with E-state index in [4.69, 9.17) is 4.74 Å². The van der Waals surface area contributed by atoms with Gasteiger partial charge in [0.15, 0.2) is 5.65 Å². The third kappa shape index (κ3) is 3.81. The minimum Gasteiger partial charge on any atom is -0.381 e. The van der Waals surface area contributed by atoms with Gasteiger partial charge in [0.1, 0.15) is 12.7 Å². The van der Waals surface area contributed by atoms with Crippen LogP contribution in [0, 0.1) is 0 Å². The van der Waals surface area contributed by atoms with E-state index < -0.39 is 0 Å². The summed E-state index contributed by atoms with van der Waals surface area (Å²) in [5.41, 5.74) is 2.08. The highest BCUT2D eigenvalue weighted by atomic mass is 16.5. The molecule has 1 saturated heterocycles. The summed E-state index contributed by atoms with van der Waals surface area (Å²) in [4.78, 5) is 21.3. The number of pyridine rings is 1. The topological polar surface area (TPSA) is 112 Å². The number of carbonyl (C=O) groups is 1. The molecule has 4 heterocycles. The van der Waals surface area contributed by atoms with Crippen LogP contribution in [-0.2, 0) is 17.8 Å². The van der Waals surface area contributed by atoms with Crippen LogP contribution in [0.3, 0.4) is 0 Å². The number of aryl methyl sites for hydroxylation is 1. The fourth-order valence-electron chi connectivity index (χ4n) is 3.36. The summed E-state index contributed by atoms with van der Waals surface area (Å²) in [6.45, 7) is 5.18. The Balaban J connectivity index is 1.58. The molecule has 3 aromatic heterocycles. The van der Waals surface area contributed by atoms with E-state index >= 15 is 0 Å². The Kier molecular flexibility index (Phi) is 5.47. The number of amides is 1. The summed E-state index contributed by atoms with van der Waals surface area (Å²) in [5, 5.41) is 15.8. The molecule has 0 aliphatic carbocycles. The molecule has 1 aliphatic rings. The molecule has 0 radical (unpaired) electrons. The van der Waals surface area contributed by atoms with E-state index in [-0.39, 0.29) is 11.9 Å². The smallest absolute Gasteiger partial charge is 0.255 e. The molecule has 0 atom stereocenters. The highest BCUT2D eigenvalue weighted by Gasteiger charge is 2.21. The first-order chi connectivity index (χ1) is 13.8. The maximum Gasteiger partial charge on any atom is 0.255 e. The molecular formula is C18H24N8O2. The van der Waals surface area contributed by atoms with E-state index in [1.807, 2.05) is 11.6 Å². The van der Waals surface area contributed by atoms with Crippen molar-refractivity contribution in [2.24, 2.45) is 0 Å². The molecule has 1 aliphatic heterocycles. The van der Waals surface area contributed by atoms with E-state index in [1.165, 1.54) is 6.33 Å². The van der Waals surface area contributed by atoms with Gasteiger partial charge < -0.3 is 15.4 Å². The Bertz CT molecular complexity index is 931. The van der Waals surface area contributed by atoms with Crippen LogP contribution in [0.1, 0.15) is 30.1 Å². The fraction of sp³-hybridized carbons (Fsp3) is 0.500. The second kappa shape index (κ2) is 8.34. The molecule has 28 heavy (non-hydrogen) atoms. The van der Waals surface area contributed by atoms with Crippen LogP contribution in [-0.4, -0.2) is 61.2 Å². The summed E-state index contributed by atoms with van der Waals surface area (Å²) in [7, 11) is 0. The summed E-state index contributed by atoms with van der Waals surface area (Å²) >= 11 is 0. The van der Waals surface area contributed by atoms with Crippen LogP contribution in [0.5, 0.6) is 0 Å². The Hall–Kier alpha value is -3.01. The molecule has 0 unspecified atom stereocenters. The molecule has 1 amide bonds. The lowest BCUT2D eigenvalue weighted by molar-refractivity contribution is 0.0904. The van der Waals surface area contributed by atoms with Gasteiger partial charge in [0.2, 0.25) is 0 Å². The summed E-state index contributed by atoms with van der Waals surface area (Å²) in [6, 6.07) is 0.256. The number of rotatable bonds is 7. The van der Waals surface area contributed by atoms with Crippen LogP contribution in [0.4, 0.5) is 5.69 Å². The van der Waals surface area contributed by atoms with Gasteiger partial charge in [0.05, 0.1) is 29.4 Å². The number of fused-ring (bicyclic) bond motifs is 1. The van der Waals surface area contributed by atoms with E-state index in [2.05, 4.69) is 30.8 Å². The lowest BCUT2D eigenvalue weighted by atomic mass is 10.1. The van der Waals surface area contributed by atoms with E-state index in [1.54, 1.807) is 23.4 Å². The van der Waals surface area contributed by atoms with Crippen molar-refractivity contribution in [3.8, 4) is 0 Å². The van der Waals surface area contributed by atoms with Crippen molar-refractivity contribution in [2.45, 2.75) is 38.9 Å². The standard InChI is InChI=1S/C18H24N8O2/c1-2-26-17-14(10-22-26)16(24-13-3-7-28-8-4-13)15(9-21-17)18(27)20-5-6-25-12-19-11-23-25/h9-13H,2-8H2,1H3,(H,20,27)(H,21,24). The molecule has 10 heteroatoms. The Morgan fingerprint density at radius 1 is 1.29 bits per heavy atom. The molecular weight excluding hydrogens is 360 g/mol. The van der Waals surface area contributed by atoms with Gasteiger partial charge >= 0.3 is 0 Å². The van der Waals surface area contributed by atoms with Gasteiger partial charge in [-0.1, -0.05) is 0 Å². The molecule has 0 bridgehead atoms. The number of nitrogens with zero attached hydrogens (tertiary/aromatic N) is 6. The minimum absolute atomic E-state index is 0.173. The Morgan fingerprint density at radius 3 is 2.89 bits per heavy atom. The number of ether oxygens (including phenoxy) is 1. The molecule has 148 valence electrons. The number of nitrogens with one attached hydrogen (secondary N) is 2. The first kappa shape index (κ1) is 18.4. The van der Waals surface area contributed by atoms with Crippen molar-refractivity contribution in [3.05, 3.63) is 30.6 Å². The molecule has 2 N–H and O–H groups in total. The third-order valence-corrected chi connectivity index (χ3v) is 4.87. The third-order valence-electron chi connectivity index (χ3n) is 4.87. The summed E-state index contributed by atoms with van der Waals surface area (Å²) in [6.07, 6.45) is 8.30. The first-order valence-electron chi connectivity index (χ1n) is 9.55. The van der Waals surface area contributed by atoms with Gasteiger partial charge in [-0.25, -0.2) is 14.6 Å². The SMILES string of the molecule is CCn1ncc2c(NC3CCOCC3)c(C(=O)NCCn3cncn3)cnc21. The van der Waals surface area contributed by atoms with Crippen molar-refractivity contribution in [1.29, 1.82) is 0 Å². The molecule has 0 aromatic carbocycles. The average Bonchev–Trinajstić information content (AvgIpc) is 3.38. The number of anilines is 1. The van der Waals surface area contributed by atoms with Crippen molar-refractivity contribution < 1.29 is 9.53 Å². The lowest BCUT2D eigenvalue weighted by Crippen LogP contribution is -2.31.